The highest BCUT2D eigenvalue weighted by atomic mass is 32.2. The van der Waals surface area contributed by atoms with Gasteiger partial charge in [0.1, 0.15) is 0 Å². The van der Waals surface area contributed by atoms with Crippen molar-refractivity contribution in [2.75, 3.05) is 45.5 Å². The van der Waals surface area contributed by atoms with Gasteiger partial charge in [-0.1, -0.05) is 0 Å². The summed E-state index contributed by atoms with van der Waals surface area (Å²) in [5.74, 6) is 1.33. The summed E-state index contributed by atoms with van der Waals surface area (Å²) in [6.07, 6.45) is 6.18. The Kier molecular flexibility index (Phi) is 4.36. The number of fused-ring (bicyclic) bond motifs is 1. The van der Waals surface area contributed by atoms with E-state index in [1.165, 1.54) is 38.6 Å². The van der Waals surface area contributed by atoms with Crippen molar-refractivity contribution in [3.8, 4) is 0 Å². The van der Waals surface area contributed by atoms with Crippen LogP contribution in [0.15, 0.2) is 0 Å². The molecule has 3 aliphatic heterocycles. The summed E-state index contributed by atoms with van der Waals surface area (Å²) >= 11 is 0. The fourth-order valence-corrected chi connectivity index (χ4v) is 5.07. The van der Waals surface area contributed by atoms with Crippen molar-refractivity contribution >= 4 is 10.0 Å². The molecule has 3 heterocycles. The van der Waals surface area contributed by atoms with Crippen LogP contribution in [0.4, 0.5) is 0 Å². The highest BCUT2D eigenvalue weighted by Crippen LogP contribution is 2.27. The molecule has 20 heavy (non-hydrogen) atoms. The Balaban J connectivity index is 1.53. The fraction of sp³-hybridized carbons (Fsp3) is 1.00. The number of piperidine rings is 2. The van der Waals surface area contributed by atoms with Crippen molar-refractivity contribution in [1.29, 1.82) is 0 Å². The summed E-state index contributed by atoms with van der Waals surface area (Å²) < 4.78 is 25.0. The lowest BCUT2D eigenvalue weighted by atomic mass is 9.94. The molecule has 0 aromatic heterocycles. The van der Waals surface area contributed by atoms with Crippen LogP contribution in [-0.2, 0) is 10.0 Å². The normalized spacial score (nSPS) is 37.0. The number of rotatable bonds is 3. The van der Waals surface area contributed by atoms with E-state index in [1.54, 1.807) is 4.31 Å². The van der Waals surface area contributed by atoms with Crippen LogP contribution in [0.5, 0.6) is 0 Å². The van der Waals surface area contributed by atoms with Gasteiger partial charge in [0.2, 0.25) is 10.0 Å². The van der Waals surface area contributed by atoms with Crippen LogP contribution in [0.3, 0.4) is 0 Å². The molecule has 3 fully saturated rings. The molecule has 0 spiro atoms. The smallest absolute Gasteiger partial charge is 0.211 e. The first kappa shape index (κ1) is 14.8. The highest BCUT2D eigenvalue weighted by Gasteiger charge is 2.36. The van der Waals surface area contributed by atoms with Crippen molar-refractivity contribution < 1.29 is 8.42 Å². The third-order valence-electron chi connectivity index (χ3n) is 5.14. The molecule has 5 nitrogen and oxygen atoms in total. The summed E-state index contributed by atoms with van der Waals surface area (Å²) in [6.45, 7) is 6.02. The number of nitrogens with one attached hydrogen (secondary N) is 1. The van der Waals surface area contributed by atoms with Crippen molar-refractivity contribution in [2.24, 2.45) is 11.8 Å². The van der Waals surface area contributed by atoms with Crippen molar-refractivity contribution in [2.45, 2.75) is 31.7 Å². The fourth-order valence-electron chi connectivity index (χ4n) is 4.13. The minimum Gasteiger partial charge on any atom is -0.312 e. The molecule has 0 aromatic carbocycles. The van der Waals surface area contributed by atoms with E-state index in [9.17, 15) is 8.42 Å². The monoisotopic (exact) mass is 301 g/mol. The molecule has 0 amide bonds. The number of hydrogen-bond acceptors (Lipinski definition) is 4. The molecular formula is C14H27N3O2S. The lowest BCUT2D eigenvalue weighted by Gasteiger charge is -2.33. The third-order valence-corrected chi connectivity index (χ3v) is 6.41. The maximum absolute atomic E-state index is 11.7. The first-order chi connectivity index (χ1) is 9.52. The predicted molar refractivity (Wildman–Crippen MR) is 80.1 cm³/mol. The third kappa shape index (κ3) is 3.35. The van der Waals surface area contributed by atoms with E-state index in [-0.39, 0.29) is 0 Å². The standard InChI is InChI=1S/C14H27N3O2S/c1-20(18,19)17-7-3-4-12(9-17)8-16-10-13-5-2-6-15-14(13)11-16/h12-15H,2-11H2,1H3/t12?,13-,14+/m0/s1. The Morgan fingerprint density at radius 2 is 2.00 bits per heavy atom. The van der Waals surface area contributed by atoms with Gasteiger partial charge in [-0.25, -0.2) is 12.7 Å². The van der Waals surface area contributed by atoms with Gasteiger partial charge in [0.15, 0.2) is 0 Å². The van der Waals surface area contributed by atoms with E-state index in [4.69, 9.17) is 0 Å². The molecule has 1 unspecified atom stereocenters. The van der Waals surface area contributed by atoms with E-state index in [2.05, 4.69) is 10.2 Å². The molecule has 0 bridgehead atoms. The van der Waals surface area contributed by atoms with Crippen molar-refractivity contribution in [1.82, 2.24) is 14.5 Å². The van der Waals surface area contributed by atoms with Crippen LogP contribution in [0.1, 0.15) is 25.7 Å². The van der Waals surface area contributed by atoms with Crippen LogP contribution in [0, 0.1) is 11.8 Å². The molecule has 0 aliphatic carbocycles. The largest absolute Gasteiger partial charge is 0.312 e. The zero-order valence-corrected chi connectivity index (χ0v) is 13.2. The average Bonchev–Trinajstić information content (AvgIpc) is 2.80. The molecule has 1 N–H and O–H groups in total. The van der Waals surface area contributed by atoms with E-state index >= 15 is 0 Å². The first-order valence-corrected chi connectivity index (χ1v) is 9.78. The Hall–Kier alpha value is -0.170. The quantitative estimate of drug-likeness (QED) is 0.817. The molecule has 3 rings (SSSR count). The number of likely N-dealkylation sites (tertiary alicyclic amines) is 1. The SMILES string of the molecule is CS(=O)(=O)N1CCCC(CN2C[C@@H]3CCCN[C@@H]3C2)C1. The van der Waals surface area contributed by atoms with Crippen LogP contribution in [-0.4, -0.2) is 69.2 Å². The minimum absolute atomic E-state index is 0.513. The molecule has 3 saturated heterocycles. The second kappa shape index (κ2) is 5.91. The predicted octanol–water partition coefficient (Wildman–Crippen LogP) is 0.342. The molecule has 0 aromatic rings. The zero-order valence-electron chi connectivity index (χ0n) is 12.4. The van der Waals surface area contributed by atoms with Crippen molar-refractivity contribution in [3.05, 3.63) is 0 Å². The summed E-state index contributed by atoms with van der Waals surface area (Å²) in [5.41, 5.74) is 0. The molecule has 0 saturated carbocycles. The molecule has 116 valence electrons. The minimum atomic E-state index is -3.01. The van der Waals surface area contributed by atoms with Gasteiger partial charge in [-0.2, -0.15) is 0 Å². The van der Waals surface area contributed by atoms with Gasteiger partial charge in [-0.3, -0.25) is 0 Å². The summed E-state index contributed by atoms with van der Waals surface area (Å²) in [4.78, 5) is 2.56. The van der Waals surface area contributed by atoms with Crippen molar-refractivity contribution in [3.63, 3.8) is 0 Å². The zero-order chi connectivity index (χ0) is 14.2. The van der Waals surface area contributed by atoms with Gasteiger partial charge in [0.25, 0.3) is 0 Å². The van der Waals surface area contributed by atoms with E-state index in [0.717, 1.165) is 32.0 Å². The maximum Gasteiger partial charge on any atom is 0.211 e. The van der Waals surface area contributed by atoms with Crippen LogP contribution in [0.2, 0.25) is 0 Å². The lowest BCUT2D eigenvalue weighted by Crippen LogP contribution is -2.43. The summed E-state index contributed by atoms with van der Waals surface area (Å²) in [6, 6.07) is 0.679. The summed E-state index contributed by atoms with van der Waals surface area (Å²) in [5, 5.41) is 3.63. The van der Waals surface area contributed by atoms with E-state index < -0.39 is 10.0 Å². The molecule has 0 radical (unpaired) electrons. The Bertz CT molecular complexity index is 426. The van der Waals surface area contributed by atoms with Gasteiger partial charge in [-0.05, 0) is 44.1 Å². The molecule has 3 aliphatic rings. The topological polar surface area (TPSA) is 52.7 Å². The van der Waals surface area contributed by atoms with Gasteiger partial charge >= 0.3 is 0 Å². The Morgan fingerprint density at radius 3 is 2.75 bits per heavy atom. The second-order valence-electron chi connectivity index (χ2n) is 6.81. The molecule has 3 atom stereocenters. The maximum atomic E-state index is 11.7. The van der Waals surface area contributed by atoms with Gasteiger partial charge in [0.05, 0.1) is 6.26 Å². The average molecular weight is 301 g/mol. The van der Waals surface area contributed by atoms with Gasteiger partial charge in [-0.15, -0.1) is 0 Å². The number of hydrogen-bond donors (Lipinski definition) is 1. The van der Waals surface area contributed by atoms with Gasteiger partial charge < -0.3 is 10.2 Å². The highest BCUT2D eigenvalue weighted by molar-refractivity contribution is 7.88. The van der Waals surface area contributed by atoms with E-state index in [0.29, 0.717) is 18.5 Å². The molecular weight excluding hydrogens is 274 g/mol. The number of sulfonamides is 1. The van der Waals surface area contributed by atoms with Gasteiger partial charge in [0, 0.05) is 38.8 Å². The molecule has 6 heteroatoms. The number of nitrogens with zero attached hydrogens (tertiary/aromatic N) is 2. The first-order valence-electron chi connectivity index (χ1n) is 7.93. The van der Waals surface area contributed by atoms with Crippen LogP contribution in [0.25, 0.3) is 0 Å². The lowest BCUT2D eigenvalue weighted by molar-refractivity contribution is 0.196. The second-order valence-corrected chi connectivity index (χ2v) is 8.79. The Labute approximate surface area is 122 Å². The Morgan fingerprint density at radius 1 is 1.15 bits per heavy atom. The van der Waals surface area contributed by atoms with E-state index in [1.807, 2.05) is 0 Å². The van der Waals surface area contributed by atoms with Crippen LogP contribution >= 0.6 is 0 Å². The van der Waals surface area contributed by atoms with Crippen LogP contribution < -0.4 is 5.32 Å². The summed E-state index contributed by atoms with van der Waals surface area (Å²) in [7, 11) is -3.01.